The third kappa shape index (κ3) is 4.58. The standard InChI is InChI=1S/C9H11N3O3S2/c1-2-4-16-5-3-12-8(15)10-11-9(12)17-6-7(13)14/h1H,3-6H2,(H,10,15)(H,13,14). The van der Waals surface area contributed by atoms with Crippen LogP contribution in [0.25, 0.3) is 0 Å². The van der Waals surface area contributed by atoms with Gasteiger partial charge in [0.2, 0.25) is 0 Å². The van der Waals surface area contributed by atoms with Crippen LogP contribution >= 0.6 is 23.5 Å². The highest BCUT2D eigenvalue weighted by Gasteiger charge is 2.10. The molecule has 0 aliphatic rings. The molecule has 0 spiro atoms. The number of aliphatic carboxylic acids is 1. The number of nitrogens with zero attached hydrogens (tertiary/aromatic N) is 2. The molecule has 0 atom stereocenters. The van der Waals surface area contributed by atoms with Gasteiger partial charge in [0.15, 0.2) is 5.16 Å². The molecule has 0 fully saturated rings. The van der Waals surface area contributed by atoms with Crippen molar-refractivity contribution in [3.05, 3.63) is 10.5 Å². The molecule has 17 heavy (non-hydrogen) atoms. The molecule has 1 rings (SSSR count). The zero-order valence-electron chi connectivity index (χ0n) is 8.88. The predicted octanol–water partition coefficient (Wildman–Crippen LogP) is 0.115. The number of thioether (sulfide) groups is 2. The fraction of sp³-hybridized carbons (Fsp3) is 0.444. The number of rotatable bonds is 7. The molecule has 0 saturated carbocycles. The van der Waals surface area contributed by atoms with Gasteiger partial charge in [0.25, 0.3) is 0 Å². The number of carboxylic acid groups (broad SMARTS) is 1. The lowest BCUT2D eigenvalue weighted by Crippen LogP contribution is -2.19. The number of H-pyrrole nitrogens is 1. The minimum Gasteiger partial charge on any atom is -0.481 e. The summed E-state index contributed by atoms with van der Waals surface area (Å²) in [5.41, 5.74) is -0.334. The molecule has 92 valence electrons. The maximum Gasteiger partial charge on any atom is 0.344 e. The maximum atomic E-state index is 11.4. The Balaban J connectivity index is 2.57. The summed E-state index contributed by atoms with van der Waals surface area (Å²) in [5, 5.41) is 15.0. The molecule has 0 aromatic carbocycles. The minimum absolute atomic E-state index is 0.123. The first kappa shape index (κ1) is 13.7. The molecular weight excluding hydrogens is 262 g/mol. The van der Waals surface area contributed by atoms with E-state index in [1.165, 1.54) is 16.3 Å². The van der Waals surface area contributed by atoms with Gasteiger partial charge in [-0.1, -0.05) is 17.7 Å². The molecule has 1 aromatic heterocycles. The summed E-state index contributed by atoms with van der Waals surface area (Å²) in [6, 6.07) is 0. The van der Waals surface area contributed by atoms with Crippen LogP contribution in [0.15, 0.2) is 9.95 Å². The molecule has 0 radical (unpaired) electrons. The summed E-state index contributed by atoms with van der Waals surface area (Å²) in [6.45, 7) is 0.462. The zero-order valence-corrected chi connectivity index (χ0v) is 10.5. The molecular formula is C9H11N3O3S2. The van der Waals surface area contributed by atoms with Gasteiger partial charge in [-0.05, 0) is 0 Å². The summed E-state index contributed by atoms with van der Waals surface area (Å²) in [4.78, 5) is 21.8. The number of hydrogen-bond acceptors (Lipinski definition) is 5. The lowest BCUT2D eigenvalue weighted by molar-refractivity contribution is -0.133. The number of terminal acetylenes is 1. The molecule has 0 unspecified atom stereocenters. The van der Waals surface area contributed by atoms with Crippen LogP contribution in [0, 0.1) is 12.3 Å². The Bertz CT molecular complexity index is 475. The summed E-state index contributed by atoms with van der Waals surface area (Å²) >= 11 is 2.54. The van der Waals surface area contributed by atoms with Crippen molar-refractivity contribution in [3.63, 3.8) is 0 Å². The van der Waals surface area contributed by atoms with Crippen LogP contribution in [0.3, 0.4) is 0 Å². The highest BCUT2D eigenvalue weighted by molar-refractivity contribution is 8.00. The van der Waals surface area contributed by atoms with E-state index in [2.05, 4.69) is 16.1 Å². The van der Waals surface area contributed by atoms with Gasteiger partial charge in [-0.25, -0.2) is 9.89 Å². The Morgan fingerprint density at radius 1 is 1.65 bits per heavy atom. The number of aromatic amines is 1. The Kier molecular flexibility index (Phi) is 5.72. The normalized spacial score (nSPS) is 10.1. The molecule has 6 nitrogen and oxygen atoms in total. The fourth-order valence-electron chi connectivity index (χ4n) is 1.02. The molecule has 0 aliphatic heterocycles. The number of hydrogen-bond donors (Lipinski definition) is 2. The van der Waals surface area contributed by atoms with E-state index in [1.54, 1.807) is 0 Å². The Hall–Kier alpha value is -1.33. The van der Waals surface area contributed by atoms with Crippen LogP contribution in [-0.2, 0) is 11.3 Å². The number of carbonyl (C=O) groups is 1. The summed E-state index contributed by atoms with van der Waals surface area (Å²) in [7, 11) is 0. The first-order chi connectivity index (χ1) is 8.15. The lowest BCUT2D eigenvalue weighted by atomic mass is 10.7. The largest absolute Gasteiger partial charge is 0.481 e. The van der Waals surface area contributed by atoms with E-state index in [-0.39, 0.29) is 11.4 Å². The van der Waals surface area contributed by atoms with Crippen LogP contribution in [0.4, 0.5) is 0 Å². The van der Waals surface area contributed by atoms with E-state index in [4.69, 9.17) is 11.5 Å². The van der Waals surface area contributed by atoms with Crippen LogP contribution in [0.1, 0.15) is 0 Å². The first-order valence-electron chi connectivity index (χ1n) is 4.66. The molecule has 0 amide bonds. The fourth-order valence-corrected chi connectivity index (χ4v) is 2.29. The van der Waals surface area contributed by atoms with Gasteiger partial charge < -0.3 is 5.11 Å². The van der Waals surface area contributed by atoms with Crippen LogP contribution in [-0.4, -0.2) is 43.1 Å². The van der Waals surface area contributed by atoms with Gasteiger partial charge in [-0.15, -0.1) is 23.3 Å². The highest BCUT2D eigenvalue weighted by Crippen LogP contribution is 2.13. The van der Waals surface area contributed by atoms with Crippen molar-refractivity contribution in [3.8, 4) is 12.3 Å². The summed E-state index contributed by atoms with van der Waals surface area (Å²) in [5.74, 6) is 2.69. The van der Waals surface area contributed by atoms with Crippen molar-refractivity contribution in [1.82, 2.24) is 14.8 Å². The SMILES string of the molecule is C#CCSCCn1c(SCC(=O)O)n[nH]c1=O. The summed E-state index contributed by atoms with van der Waals surface area (Å²) in [6.07, 6.45) is 5.10. The van der Waals surface area contributed by atoms with E-state index >= 15 is 0 Å². The van der Waals surface area contributed by atoms with Crippen LogP contribution < -0.4 is 5.69 Å². The van der Waals surface area contributed by atoms with Gasteiger partial charge >= 0.3 is 11.7 Å². The second kappa shape index (κ2) is 7.09. The molecule has 0 saturated heterocycles. The monoisotopic (exact) mass is 273 g/mol. The number of nitrogens with one attached hydrogen (secondary N) is 1. The Labute approximate surface area is 106 Å². The molecule has 1 heterocycles. The third-order valence-corrected chi connectivity index (χ3v) is 3.50. The van der Waals surface area contributed by atoms with Crippen molar-refractivity contribution < 1.29 is 9.90 Å². The van der Waals surface area contributed by atoms with E-state index in [0.717, 1.165) is 11.8 Å². The Morgan fingerprint density at radius 2 is 2.41 bits per heavy atom. The Morgan fingerprint density at radius 3 is 3.06 bits per heavy atom. The van der Waals surface area contributed by atoms with E-state index in [0.29, 0.717) is 23.2 Å². The quantitative estimate of drug-likeness (QED) is 0.416. The van der Waals surface area contributed by atoms with Gasteiger partial charge in [-0.3, -0.25) is 9.36 Å². The topological polar surface area (TPSA) is 88.0 Å². The van der Waals surface area contributed by atoms with Gasteiger partial charge in [0, 0.05) is 12.3 Å². The molecule has 1 aromatic rings. The third-order valence-electron chi connectivity index (χ3n) is 1.69. The van der Waals surface area contributed by atoms with Gasteiger partial charge in [0.05, 0.1) is 11.5 Å². The lowest BCUT2D eigenvalue weighted by Gasteiger charge is -2.02. The van der Waals surface area contributed by atoms with E-state index in [9.17, 15) is 9.59 Å². The zero-order chi connectivity index (χ0) is 12.7. The number of carboxylic acids is 1. The minimum atomic E-state index is -0.946. The van der Waals surface area contributed by atoms with E-state index < -0.39 is 5.97 Å². The van der Waals surface area contributed by atoms with Crippen molar-refractivity contribution >= 4 is 29.5 Å². The molecule has 0 bridgehead atoms. The van der Waals surface area contributed by atoms with Crippen LogP contribution in [0.5, 0.6) is 0 Å². The molecule has 8 heteroatoms. The van der Waals surface area contributed by atoms with Gasteiger partial charge in [0.1, 0.15) is 0 Å². The van der Waals surface area contributed by atoms with Gasteiger partial charge in [-0.2, -0.15) is 0 Å². The highest BCUT2D eigenvalue weighted by atomic mass is 32.2. The van der Waals surface area contributed by atoms with Crippen LogP contribution in [0.2, 0.25) is 0 Å². The van der Waals surface area contributed by atoms with Crippen molar-refractivity contribution in [2.24, 2.45) is 0 Å². The molecule has 2 N–H and O–H groups in total. The first-order valence-corrected chi connectivity index (χ1v) is 6.80. The number of aromatic nitrogens is 3. The maximum absolute atomic E-state index is 11.4. The smallest absolute Gasteiger partial charge is 0.344 e. The summed E-state index contributed by atoms with van der Waals surface area (Å²) < 4.78 is 1.41. The second-order valence-electron chi connectivity index (χ2n) is 2.90. The molecule has 0 aliphatic carbocycles. The second-order valence-corrected chi connectivity index (χ2v) is 4.95. The van der Waals surface area contributed by atoms with Crippen molar-refractivity contribution in [2.75, 3.05) is 17.3 Å². The van der Waals surface area contributed by atoms with E-state index in [1.807, 2.05) is 0 Å². The average molecular weight is 273 g/mol. The predicted molar refractivity (Wildman–Crippen MR) is 67.4 cm³/mol. The average Bonchev–Trinajstić information content (AvgIpc) is 2.63. The van der Waals surface area contributed by atoms with Crippen molar-refractivity contribution in [2.45, 2.75) is 11.7 Å². The van der Waals surface area contributed by atoms with Crippen molar-refractivity contribution in [1.29, 1.82) is 0 Å².